The van der Waals surface area contributed by atoms with Gasteiger partial charge in [0.25, 0.3) is 5.56 Å². The molecule has 1 unspecified atom stereocenters. The number of hydrogen-bond acceptors (Lipinski definition) is 3. The number of aryl methyl sites for hydroxylation is 2. The van der Waals surface area contributed by atoms with Crippen molar-refractivity contribution in [1.29, 1.82) is 0 Å². The topological polar surface area (TPSA) is 62.7 Å². The van der Waals surface area contributed by atoms with Crippen LogP contribution in [-0.2, 0) is 19.3 Å². The number of benzene rings is 1. The number of aromatic nitrogens is 3. The van der Waals surface area contributed by atoms with Crippen molar-refractivity contribution >= 4 is 0 Å². The van der Waals surface area contributed by atoms with E-state index in [2.05, 4.69) is 45.7 Å². The molecule has 28 heavy (non-hydrogen) atoms. The largest absolute Gasteiger partial charge is 0.314 e. The highest BCUT2D eigenvalue weighted by atomic mass is 16.1. The summed E-state index contributed by atoms with van der Waals surface area (Å²) in [7, 11) is 0. The van der Waals surface area contributed by atoms with Crippen LogP contribution >= 0.6 is 0 Å². The lowest BCUT2D eigenvalue weighted by atomic mass is 9.93. The molecule has 1 aromatic carbocycles. The van der Waals surface area contributed by atoms with Crippen LogP contribution in [0.4, 0.5) is 0 Å². The quantitative estimate of drug-likeness (QED) is 0.592. The Morgan fingerprint density at radius 1 is 1.07 bits per heavy atom. The monoisotopic (exact) mass is 376 g/mol. The SMILES string of the molecule is O=c1c2c([nH]n1-c1ccccn1)CCC(NCCCCCc1ccccc1)C2. The summed E-state index contributed by atoms with van der Waals surface area (Å²) in [6.07, 6.45) is 9.29. The molecule has 3 aromatic rings. The van der Waals surface area contributed by atoms with Gasteiger partial charge in [-0.1, -0.05) is 42.8 Å². The molecule has 1 aliphatic rings. The predicted molar refractivity (Wildman–Crippen MR) is 112 cm³/mol. The maximum absolute atomic E-state index is 12.8. The molecule has 2 heterocycles. The van der Waals surface area contributed by atoms with Gasteiger partial charge in [-0.15, -0.1) is 0 Å². The third kappa shape index (κ3) is 4.42. The molecule has 0 bridgehead atoms. The molecule has 0 aliphatic heterocycles. The van der Waals surface area contributed by atoms with E-state index in [0.29, 0.717) is 11.9 Å². The maximum Gasteiger partial charge on any atom is 0.276 e. The second-order valence-electron chi connectivity index (χ2n) is 7.59. The van der Waals surface area contributed by atoms with Crippen molar-refractivity contribution in [2.75, 3.05) is 6.54 Å². The molecular formula is C23H28N4O. The average molecular weight is 377 g/mol. The molecule has 5 heteroatoms. The van der Waals surface area contributed by atoms with Gasteiger partial charge in [-0.3, -0.25) is 9.89 Å². The first-order valence-electron chi connectivity index (χ1n) is 10.3. The van der Waals surface area contributed by atoms with Gasteiger partial charge in [0.2, 0.25) is 0 Å². The highest BCUT2D eigenvalue weighted by molar-refractivity contribution is 5.28. The van der Waals surface area contributed by atoms with Crippen molar-refractivity contribution in [2.24, 2.45) is 0 Å². The van der Waals surface area contributed by atoms with E-state index in [1.165, 1.54) is 24.8 Å². The van der Waals surface area contributed by atoms with Gasteiger partial charge < -0.3 is 5.32 Å². The van der Waals surface area contributed by atoms with E-state index in [1.807, 2.05) is 18.2 Å². The number of rotatable bonds is 8. The lowest BCUT2D eigenvalue weighted by molar-refractivity contribution is 0.446. The van der Waals surface area contributed by atoms with E-state index in [4.69, 9.17) is 0 Å². The maximum atomic E-state index is 12.8. The summed E-state index contributed by atoms with van der Waals surface area (Å²) in [5.74, 6) is 0.657. The van der Waals surface area contributed by atoms with E-state index in [0.717, 1.165) is 43.5 Å². The summed E-state index contributed by atoms with van der Waals surface area (Å²) in [6.45, 7) is 1.02. The number of unbranched alkanes of at least 4 members (excludes halogenated alkanes) is 2. The summed E-state index contributed by atoms with van der Waals surface area (Å²) in [6, 6.07) is 16.7. The van der Waals surface area contributed by atoms with Gasteiger partial charge in [-0.05, 0) is 62.8 Å². The Morgan fingerprint density at radius 2 is 1.93 bits per heavy atom. The Morgan fingerprint density at radius 3 is 2.75 bits per heavy atom. The van der Waals surface area contributed by atoms with Crippen LogP contribution in [0.2, 0.25) is 0 Å². The van der Waals surface area contributed by atoms with Gasteiger partial charge >= 0.3 is 0 Å². The van der Waals surface area contributed by atoms with Crippen LogP contribution in [0.1, 0.15) is 42.5 Å². The molecule has 1 aliphatic carbocycles. The number of pyridine rings is 1. The van der Waals surface area contributed by atoms with Gasteiger partial charge in [0.1, 0.15) is 0 Å². The van der Waals surface area contributed by atoms with Crippen molar-refractivity contribution < 1.29 is 0 Å². The Bertz CT molecular complexity index is 930. The summed E-state index contributed by atoms with van der Waals surface area (Å²) >= 11 is 0. The van der Waals surface area contributed by atoms with Crippen LogP contribution in [-0.4, -0.2) is 27.4 Å². The number of nitrogens with one attached hydrogen (secondary N) is 2. The lowest BCUT2D eigenvalue weighted by Crippen LogP contribution is -2.36. The summed E-state index contributed by atoms with van der Waals surface area (Å²) in [4.78, 5) is 17.1. The molecule has 5 nitrogen and oxygen atoms in total. The van der Waals surface area contributed by atoms with Gasteiger partial charge in [-0.2, -0.15) is 0 Å². The van der Waals surface area contributed by atoms with Crippen LogP contribution in [0.5, 0.6) is 0 Å². The van der Waals surface area contributed by atoms with E-state index in [9.17, 15) is 4.79 Å². The molecule has 2 aromatic heterocycles. The number of fused-ring (bicyclic) bond motifs is 1. The minimum absolute atomic E-state index is 0.0445. The van der Waals surface area contributed by atoms with Crippen molar-refractivity contribution in [3.05, 3.63) is 81.9 Å². The highest BCUT2D eigenvalue weighted by Crippen LogP contribution is 2.18. The first-order valence-corrected chi connectivity index (χ1v) is 10.3. The number of H-pyrrole nitrogens is 1. The molecule has 0 amide bonds. The first-order chi connectivity index (χ1) is 13.8. The zero-order chi connectivity index (χ0) is 19.2. The van der Waals surface area contributed by atoms with Crippen molar-refractivity contribution in [2.45, 2.75) is 51.0 Å². The molecule has 0 fully saturated rings. The fourth-order valence-electron chi connectivity index (χ4n) is 4.00. The van der Waals surface area contributed by atoms with Gasteiger partial charge in [-0.25, -0.2) is 9.67 Å². The van der Waals surface area contributed by atoms with Crippen LogP contribution in [0.3, 0.4) is 0 Å². The number of nitrogens with zero attached hydrogens (tertiary/aromatic N) is 2. The van der Waals surface area contributed by atoms with Crippen LogP contribution in [0, 0.1) is 0 Å². The predicted octanol–water partition coefficient (Wildman–Crippen LogP) is 3.42. The van der Waals surface area contributed by atoms with E-state index in [-0.39, 0.29) is 5.56 Å². The van der Waals surface area contributed by atoms with Crippen LogP contribution in [0.25, 0.3) is 5.82 Å². The summed E-state index contributed by atoms with van der Waals surface area (Å²) in [5.41, 5.74) is 3.45. The highest BCUT2D eigenvalue weighted by Gasteiger charge is 2.24. The van der Waals surface area contributed by atoms with E-state index >= 15 is 0 Å². The molecule has 2 N–H and O–H groups in total. The third-order valence-electron chi connectivity index (χ3n) is 5.56. The fraction of sp³-hybridized carbons (Fsp3) is 0.391. The summed E-state index contributed by atoms with van der Waals surface area (Å²) in [5, 5.41) is 6.91. The number of aromatic amines is 1. The van der Waals surface area contributed by atoms with E-state index in [1.54, 1.807) is 10.9 Å². The first kappa shape index (κ1) is 18.7. The molecule has 0 radical (unpaired) electrons. The van der Waals surface area contributed by atoms with Crippen molar-refractivity contribution in [1.82, 2.24) is 20.1 Å². The van der Waals surface area contributed by atoms with Crippen LogP contribution < -0.4 is 10.9 Å². The van der Waals surface area contributed by atoms with Crippen LogP contribution in [0.15, 0.2) is 59.5 Å². The average Bonchev–Trinajstić information content (AvgIpc) is 3.08. The van der Waals surface area contributed by atoms with Gasteiger partial charge in [0, 0.05) is 23.5 Å². The van der Waals surface area contributed by atoms with Crippen molar-refractivity contribution in [3.8, 4) is 5.82 Å². The standard InChI is InChI=1S/C23H28N4O/c28-23-20-17-19(24-15-7-2-5-11-18-9-3-1-4-10-18)13-14-21(20)26-27(23)22-12-6-8-16-25-22/h1,3-4,6,8-10,12,16,19,24,26H,2,5,7,11,13-15,17H2. The van der Waals surface area contributed by atoms with Gasteiger partial charge in [0.05, 0.1) is 0 Å². The fourth-order valence-corrected chi connectivity index (χ4v) is 4.00. The zero-order valence-corrected chi connectivity index (χ0v) is 16.2. The second kappa shape index (κ2) is 9.02. The Kier molecular flexibility index (Phi) is 6.02. The minimum atomic E-state index is 0.0445. The minimum Gasteiger partial charge on any atom is -0.314 e. The molecule has 0 saturated heterocycles. The third-order valence-corrected chi connectivity index (χ3v) is 5.56. The molecular weight excluding hydrogens is 348 g/mol. The zero-order valence-electron chi connectivity index (χ0n) is 16.2. The normalized spacial score (nSPS) is 16.1. The van der Waals surface area contributed by atoms with Gasteiger partial charge in [0.15, 0.2) is 5.82 Å². The smallest absolute Gasteiger partial charge is 0.276 e. The second-order valence-corrected chi connectivity index (χ2v) is 7.59. The number of hydrogen-bond donors (Lipinski definition) is 2. The molecule has 1 atom stereocenters. The molecule has 146 valence electrons. The Labute approximate surface area is 165 Å². The Balaban J connectivity index is 1.24. The van der Waals surface area contributed by atoms with E-state index < -0.39 is 0 Å². The Hall–Kier alpha value is -2.66. The molecule has 0 spiro atoms. The lowest BCUT2D eigenvalue weighted by Gasteiger charge is -2.22. The summed E-state index contributed by atoms with van der Waals surface area (Å²) < 4.78 is 1.58. The van der Waals surface area contributed by atoms with Crippen molar-refractivity contribution in [3.63, 3.8) is 0 Å². The molecule has 4 rings (SSSR count). The molecule has 0 saturated carbocycles.